The number of carbonyl (C=O) groups is 1. The highest BCUT2D eigenvalue weighted by atomic mass is 35.5. The van der Waals surface area contributed by atoms with Gasteiger partial charge in [-0.1, -0.05) is 18.5 Å². The summed E-state index contributed by atoms with van der Waals surface area (Å²) >= 11 is 6.14. The van der Waals surface area contributed by atoms with Crippen molar-refractivity contribution in [3.05, 3.63) is 47.0 Å². The third-order valence-corrected chi connectivity index (χ3v) is 5.19. The van der Waals surface area contributed by atoms with Gasteiger partial charge in [0.25, 0.3) is 0 Å². The smallest absolute Gasteiger partial charge is 0.322 e. The second kappa shape index (κ2) is 9.74. The van der Waals surface area contributed by atoms with Crippen molar-refractivity contribution in [2.24, 2.45) is 0 Å². The highest BCUT2D eigenvalue weighted by molar-refractivity contribution is 6.31. The van der Waals surface area contributed by atoms with E-state index < -0.39 is 0 Å². The molecule has 1 atom stereocenters. The van der Waals surface area contributed by atoms with Crippen LogP contribution in [-0.2, 0) is 0 Å². The highest BCUT2D eigenvalue weighted by Gasteiger charge is 2.32. The Labute approximate surface area is 176 Å². The van der Waals surface area contributed by atoms with Crippen molar-refractivity contribution >= 4 is 23.3 Å². The van der Waals surface area contributed by atoms with Crippen LogP contribution in [0.1, 0.15) is 37.8 Å². The van der Waals surface area contributed by atoms with Gasteiger partial charge in [-0.25, -0.2) is 4.79 Å². The lowest BCUT2D eigenvalue weighted by Gasteiger charge is -2.27. The van der Waals surface area contributed by atoms with Gasteiger partial charge in [0, 0.05) is 17.1 Å². The van der Waals surface area contributed by atoms with Gasteiger partial charge in [-0.2, -0.15) is 0 Å². The summed E-state index contributed by atoms with van der Waals surface area (Å²) in [7, 11) is 3.26. The van der Waals surface area contributed by atoms with E-state index in [0.717, 1.165) is 36.3 Å². The molecule has 7 heteroatoms. The van der Waals surface area contributed by atoms with Crippen LogP contribution in [0, 0.1) is 0 Å². The Hall–Kier alpha value is -2.60. The third kappa shape index (κ3) is 4.88. The fourth-order valence-electron chi connectivity index (χ4n) is 3.56. The summed E-state index contributed by atoms with van der Waals surface area (Å²) in [6, 6.07) is 10.6. The molecule has 1 N–H and O–H groups in total. The molecular formula is C22H27ClN2O4. The predicted molar refractivity (Wildman–Crippen MR) is 114 cm³/mol. The Morgan fingerprint density at radius 2 is 1.97 bits per heavy atom. The monoisotopic (exact) mass is 418 g/mol. The van der Waals surface area contributed by atoms with Crippen molar-refractivity contribution in [3.8, 4) is 17.2 Å². The number of anilines is 1. The molecule has 1 heterocycles. The number of nitrogens with zero attached hydrogens (tertiary/aromatic N) is 1. The van der Waals surface area contributed by atoms with Gasteiger partial charge in [0.1, 0.15) is 17.2 Å². The van der Waals surface area contributed by atoms with Crippen LogP contribution in [-0.4, -0.2) is 38.3 Å². The second-order valence-corrected chi connectivity index (χ2v) is 7.31. The molecule has 6 nitrogen and oxygen atoms in total. The topological polar surface area (TPSA) is 60.0 Å². The number of nitrogens with one attached hydrogen (secondary N) is 1. The lowest BCUT2D eigenvalue weighted by Crippen LogP contribution is -2.34. The maximum atomic E-state index is 13.1. The molecule has 0 spiro atoms. The number of benzene rings is 2. The summed E-state index contributed by atoms with van der Waals surface area (Å²) in [5, 5.41) is 3.51. The molecule has 3 rings (SSSR count). The average molecular weight is 419 g/mol. The Balaban J connectivity index is 1.84. The molecule has 2 amide bonds. The summed E-state index contributed by atoms with van der Waals surface area (Å²) in [6.45, 7) is 3.25. The van der Waals surface area contributed by atoms with E-state index in [2.05, 4.69) is 5.32 Å². The van der Waals surface area contributed by atoms with Crippen LogP contribution in [0.4, 0.5) is 10.5 Å². The van der Waals surface area contributed by atoms with Crippen molar-refractivity contribution in [2.75, 3.05) is 32.7 Å². The van der Waals surface area contributed by atoms with Gasteiger partial charge < -0.3 is 24.4 Å². The number of carbonyl (C=O) groups excluding carboxylic acids is 1. The zero-order valence-electron chi connectivity index (χ0n) is 17.0. The molecule has 0 aliphatic carbocycles. The van der Waals surface area contributed by atoms with Gasteiger partial charge in [-0.15, -0.1) is 0 Å². The lowest BCUT2D eigenvalue weighted by atomic mass is 10.0. The van der Waals surface area contributed by atoms with Crippen LogP contribution in [0.15, 0.2) is 36.4 Å². The van der Waals surface area contributed by atoms with Crippen LogP contribution in [0.3, 0.4) is 0 Å². The minimum atomic E-state index is -0.194. The van der Waals surface area contributed by atoms with Gasteiger partial charge >= 0.3 is 6.03 Å². The molecule has 0 saturated carbocycles. The van der Waals surface area contributed by atoms with Crippen molar-refractivity contribution in [1.82, 2.24) is 4.90 Å². The standard InChI is InChI=1S/C22H27ClN2O4/c1-4-12-29-21-9-7-15(23)13-18(21)24-22(26)25-11-5-6-19(25)17-14-16(27-2)8-10-20(17)28-3/h7-10,13-14,19H,4-6,11-12H2,1-3H3,(H,24,26). The summed E-state index contributed by atoms with van der Waals surface area (Å²) < 4.78 is 16.7. The number of hydrogen-bond donors (Lipinski definition) is 1. The Morgan fingerprint density at radius 3 is 2.69 bits per heavy atom. The molecule has 0 aromatic heterocycles. The first-order valence-corrected chi connectivity index (χ1v) is 10.2. The number of methoxy groups -OCH3 is 2. The molecular weight excluding hydrogens is 392 g/mol. The van der Waals surface area contributed by atoms with Crippen LogP contribution >= 0.6 is 11.6 Å². The first kappa shape index (κ1) is 21.1. The number of rotatable bonds is 7. The number of halogens is 1. The Kier molecular flexibility index (Phi) is 7.09. The number of amides is 2. The molecule has 2 aromatic rings. The molecule has 2 aromatic carbocycles. The van der Waals surface area contributed by atoms with Gasteiger partial charge in [0.05, 0.1) is 32.6 Å². The summed E-state index contributed by atoms with van der Waals surface area (Å²) in [5.74, 6) is 2.09. The van der Waals surface area contributed by atoms with E-state index in [9.17, 15) is 4.79 Å². The molecule has 1 saturated heterocycles. The van der Waals surface area contributed by atoms with Crippen LogP contribution in [0.25, 0.3) is 0 Å². The molecule has 1 aliphatic rings. The first-order valence-electron chi connectivity index (χ1n) is 9.79. The second-order valence-electron chi connectivity index (χ2n) is 6.88. The van der Waals surface area contributed by atoms with Gasteiger partial charge in [-0.05, 0) is 55.7 Å². The molecule has 1 unspecified atom stereocenters. The molecule has 0 radical (unpaired) electrons. The molecule has 1 fully saturated rings. The SMILES string of the molecule is CCCOc1ccc(Cl)cc1NC(=O)N1CCCC1c1cc(OC)ccc1OC. The van der Waals surface area contributed by atoms with Gasteiger partial charge in [-0.3, -0.25) is 0 Å². The molecule has 1 aliphatic heterocycles. The fraction of sp³-hybridized carbons (Fsp3) is 0.409. The van der Waals surface area contributed by atoms with Crippen LogP contribution in [0.2, 0.25) is 5.02 Å². The van der Waals surface area contributed by atoms with E-state index in [0.29, 0.717) is 29.6 Å². The van der Waals surface area contributed by atoms with Crippen LogP contribution < -0.4 is 19.5 Å². The van der Waals surface area contributed by atoms with Crippen molar-refractivity contribution in [1.29, 1.82) is 0 Å². The van der Waals surface area contributed by atoms with Gasteiger partial charge in [0.2, 0.25) is 0 Å². The number of ether oxygens (including phenoxy) is 3. The van der Waals surface area contributed by atoms with Gasteiger partial charge in [0.15, 0.2) is 0 Å². The van der Waals surface area contributed by atoms with E-state index in [4.69, 9.17) is 25.8 Å². The number of urea groups is 1. The third-order valence-electron chi connectivity index (χ3n) is 4.95. The van der Waals surface area contributed by atoms with Crippen molar-refractivity contribution in [3.63, 3.8) is 0 Å². The number of likely N-dealkylation sites (tertiary alicyclic amines) is 1. The molecule has 29 heavy (non-hydrogen) atoms. The quantitative estimate of drug-likeness (QED) is 0.643. The van der Waals surface area contributed by atoms with E-state index in [1.807, 2.05) is 30.0 Å². The molecule has 0 bridgehead atoms. The normalized spacial score (nSPS) is 15.9. The zero-order valence-corrected chi connectivity index (χ0v) is 17.8. The van der Waals surface area contributed by atoms with Crippen LogP contribution in [0.5, 0.6) is 17.2 Å². The molecule has 156 valence electrons. The van der Waals surface area contributed by atoms with E-state index in [1.54, 1.807) is 32.4 Å². The Morgan fingerprint density at radius 1 is 1.17 bits per heavy atom. The van der Waals surface area contributed by atoms with E-state index in [1.165, 1.54) is 0 Å². The highest BCUT2D eigenvalue weighted by Crippen LogP contribution is 2.39. The fourth-order valence-corrected chi connectivity index (χ4v) is 3.73. The minimum absolute atomic E-state index is 0.0979. The maximum Gasteiger partial charge on any atom is 0.322 e. The zero-order chi connectivity index (χ0) is 20.8. The van der Waals surface area contributed by atoms with E-state index in [-0.39, 0.29) is 12.1 Å². The number of hydrogen-bond acceptors (Lipinski definition) is 4. The van der Waals surface area contributed by atoms with Crippen molar-refractivity contribution < 1.29 is 19.0 Å². The lowest BCUT2D eigenvalue weighted by molar-refractivity contribution is 0.205. The maximum absolute atomic E-state index is 13.1. The average Bonchev–Trinajstić information content (AvgIpc) is 3.22. The Bertz CT molecular complexity index is 859. The van der Waals surface area contributed by atoms with Crippen molar-refractivity contribution in [2.45, 2.75) is 32.2 Å². The largest absolute Gasteiger partial charge is 0.497 e. The summed E-state index contributed by atoms with van der Waals surface area (Å²) in [5.41, 5.74) is 1.51. The summed E-state index contributed by atoms with van der Waals surface area (Å²) in [4.78, 5) is 15.0. The first-order chi connectivity index (χ1) is 14.1. The summed E-state index contributed by atoms with van der Waals surface area (Å²) in [6.07, 6.45) is 2.64. The predicted octanol–water partition coefficient (Wildman–Crippen LogP) is 5.52. The van der Waals surface area contributed by atoms with E-state index >= 15 is 0 Å². The minimum Gasteiger partial charge on any atom is -0.497 e.